The minimum atomic E-state index is -4.77. The van der Waals surface area contributed by atoms with Gasteiger partial charge in [-0.2, -0.15) is 13.2 Å². The van der Waals surface area contributed by atoms with Gasteiger partial charge in [0.2, 0.25) is 0 Å². The molecule has 0 saturated carbocycles. The summed E-state index contributed by atoms with van der Waals surface area (Å²) in [6.07, 6.45) is -4.77. The number of hydrogen-bond donors (Lipinski definition) is 0. The average Bonchev–Trinajstić information content (AvgIpc) is 2.01. The van der Waals surface area contributed by atoms with Crippen molar-refractivity contribution in [2.45, 2.75) is 6.18 Å². The number of carbonyl (C=O) groups excluding carboxylic acids is 1. The molecule has 0 spiro atoms. The molecule has 0 radical (unpaired) electrons. The van der Waals surface area contributed by atoms with Crippen molar-refractivity contribution in [1.82, 2.24) is 0 Å². The standard InChI is InChI=1S/C8H4F4O2.Na/c9-6-2-4(7(13)14)1-5(3-6)8(10,11)12;/h1-3H,(H,13,14);/q;+1/p-1. The number of halogens is 4. The van der Waals surface area contributed by atoms with E-state index in [1.807, 2.05) is 0 Å². The Morgan fingerprint density at radius 3 is 2.13 bits per heavy atom. The quantitative estimate of drug-likeness (QED) is 0.422. The monoisotopic (exact) mass is 230 g/mol. The van der Waals surface area contributed by atoms with E-state index in [9.17, 15) is 27.5 Å². The molecule has 0 saturated heterocycles. The first-order valence-corrected chi connectivity index (χ1v) is 3.40. The van der Waals surface area contributed by atoms with Crippen LogP contribution in [0.5, 0.6) is 0 Å². The molecule has 7 heteroatoms. The zero-order chi connectivity index (χ0) is 10.9. The predicted molar refractivity (Wildman–Crippen MR) is 35.7 cm³/mol. The van der Waals surface area contributed by atoms with Crippen LogP contribution in [-0.2, 0) is 6.18 Å². The Balaban J connectivity index is 0.00000196. The minimum absolute atomic E-state index is 0. The number of aromatic carboxylic acids is 1. The van der Waals surface area contributed by atoms with Crippen LogP contribution in [-0.4, -0.2) is 5.97 Å². The van der Waals surface area contributed by atoms with Gasteiger partial charge in [-0.3, -0.25) is 0 Å². The minimum Gasteiger partial charge on any atom is -0.545 e. The van der Waals surface area contributed by atoms with Crippen molar-refractivity contribution < 1.29 is 57.0 Å². The van der Waals surface area contributed by atoms with Gasteiger partial charge in [0.05, 0.1) is 11.5 Å². The van der Waals surface area contributed by atoms with E-state index in [-0.39, 0.29) is 35.6 Å². The first-order valence-electron chi connectivity index (χ1n) is 3.40. The number of carbonyl (C=O) groups is 1. The van der Waals surface area contributed by atoms with Crippen molar-refractivity contribution in [2.75, 3.05) is 0 Å². The summed E-state index contributed by atoms with van der Waals surface area (Å²) in [4.78, 5) is 10.2. The summed E-state index contributed by atoms with van der Waals surface area (Å²) in [7, 11) is 0. The largest absolute Gasteiger partial charge is 1.00 e. The second kappa shape index (κ2) is 4.96. The molecule has 0 N–H and O–H groups in total. The number of carboxylic acids is 1. The summed E-state index contributed by atoms with van der Waals surface area (Å²) in [5.41, 5.74) is -2.19. The molecule has 0 aliphatic heterocycles. The fourth-order valence-electron chi connectivity index (χ4n) is 0.871. The van der Waals surface area contributed by atoms with Crippen LogP contribution in [0.1, 0.15) is 15.9 Å². The van der Waals surface area contributed by atoms with E-state index in [4.69, 9.17) is 0 Å². The summed E-state index contributed by atoms with van der Waals surface area (Å²) >= 11 is 0. The Labute approximate surface area is 104 Å². The van der Waals surface area contributed by atoms with E-state index in [1.54, 1.807) is 0 Å². The summed E-state index contributed by atoms with van der Waals surface area (Å²) < 4.78 is 48.6. The van der Waals surface area contributed by atoms with Crippen molar-refractivity contribution in [3.05, 3.63) is 35.1 Å². The zero-order valence-corrected chi connectivity index (χ0v) is 9.56. The Morgan fingerprint density at radius 1 is 1.20 bits per heavy atom. The van der Waals surface area contributed by atoms with E-state index in [0.717, 1.165) is 0 Å². The molecule has 0 fully saturated rings. The molecule has 0 unspecified atom stereocenters. The summed E-state index contributed by atoms with van der Waals surface area (Å²) in [5.74, 6) is -3.12. The van der Waals surface area contributed by atoms with E-state index in [2.05, 4.69) is 0 Å². The molecule has 0 heterocycles. The second-order valence-electron chi connectivity index (χ2n) is 2.51. The molecule has 1 aromatic carbocycles. The molecule has 0 aliphatic rings. The van der Waals surface area contributed by atoms with Gasteiger partial charge >= 0.3 is 35.7 Å². The van der Waals surface area contributed by atoms with Gasteiger partial charge < -0.3 is 9.90 Å². The van der Waals surface area contributed by atoms with Crippen LogP contribution in [0.2, 0.25) is 0 Å². The molecule has 0 bridgehead atoms. The normalized spacial score (nSPS) is 10.7. The summed E-state index contributed by atoms with van der Waals surface area (Å²) in [6, 6.07) is 0.995. The molecular formula is C8H3F4NaO2. The predicted octanol–water partition coefficient (Wildman–Crippen LogP) is -1.79. The Hall–Kier alpha value is -0.590. The SMILES string of the molecule is O=C([O-])c1cc(F)cc(C(F)(F)F)c1.[Na+]. The van der Waals surface area contributed by atoms with E-state index in [1.165, 1.54) is 0 Å². The molecular weight excluding hydrogens is 227 g/mol. The molecule has 1 aromatic rings. The molecule has 76 valence electrons. The first kappa shape index (κ1) is 14.4. The Morgan fingerprint density at radius 2 is 1.73 bits per heavy atom. The van der Waals surface area contributed by atoms with E-state index in [0.29, 0.717) is 12.1 Å². The summed E-state index contributed by atoms with van der Waals surface area (Å²) in [5, 5.41) is 10.2. The smallest absolute Gasteiger partial charge is 0.545 e. The maximum Gasteiger partial charge on any atom is 1.00 e. The van der Waals surface area contributed by atoms with Gasteiger partial charge in [-0.1, -0.05) is 0 Å². The van der Waals surface area contributed by atoms with Crippen LogP contribution in [0.4, 0.5) is 17.6 Å². The number of rotatable bonds is 1. The van der Waals surface area contributed by atoms with Gasteiger partial charge in [0.1, 0.15) is 5.82 Å². The van der Waals surface area contributed by atoms with Crippen molar-refractivity contribution >= 4 is 5.97 Å². The van der Waals surface area contributed by atoms with Crippen molar-refractivity contribution in [3.63, 3.8) is 0 Å². The number of alkyl halides is 3. The second-order valence-corrected chi connectivity index (χ2v) is 2.51. The van der Waals surface area contributed by atoms with Crippen LogP contribution in [0.3, 0.4) is 0 Å². The topological polar surface area (TPSA) is 40.1 Å². The van der Waals surface area contributed by atoms with Gasteiger partial charge in [0.15, 0.2) is 0 Å². The third kappa shape index (κ3) is 3.81. The van der Waals surface area contributed by atoms with Gasteiger partial charge in [0, 0.05) is 5.56 Å². The first-order chi connectivity index (χ1) is 6.30. The third-order valence-electron chi connectivity index (χ3n) is 1.46. The van der Waals surface area contributed by atoms with Crippen molar-refractivity contribution in [3.8, 4) is 0 Å². The van der Waals surface area contributed by atoms with Gasteiger partial charge in [-0.25, -0.2) is 4.39 Å². The molecule has 0 aliphatic carbocycles. The van der Waals surface area contributed by atoms with E-state index >= 15 is 0 Å². The molecule has 0 amide bonds. The average molecular weight is 230 g/mol. The molecule has 15 heavy (non-hydrogen) atoms. The summed E-state index contributed by atoms with van der Waals surface area (Å²) in [6.45, 7) is 0. The fourth-order valence-corrected chi connectivity index (χ4v) is 0.871. The van der Waals surface area contributed by atoms with Crippen LogP contribution in [0.25, 0.3) is 0 Å². The molecule has 0 aromatic heterocycles. The zero-order valence-electron chi connectivity index (χ0n) is 7.56. The number of carboxylic acid groups (broad SMARTS) is 1. The molecule has 2 nitrogen and oxygen atoms in total. The van der Waals surface area contributed by atoms with Gasteiger partial charge in [0.25, 0.3) is 0 Å². The molecule has 0 atom stereocenters. The maximum atomic E-state index is 12.5. The van der Waals surface area contributed by atoms with Crippen LogP contribution < -0.4 is 34.7 Å². The van der Waals surface area contributed by atoms with Crippen molar-refractivity contribution in [2.24, 2.45) is 0 Å². The van der Waals surface area contributed by atoms with Gasteiger partial charge in [-0.05, 0) is 18.2 Å². The maximum absolute atomic E-state index is 12.5. The van der Waals surface area contributed by atoms with Crippen molar-refractivity contribution in [1.29, 1.82) is 0 Å². The Bertz CT molecular complexity index is 375. The fraction of sp³-hybridized carbons (Fsp3) is 0.125. The van der Waals surface area contributed by atoms with E-state index < -0.39 is 29.1 Å². The third-order valence-corrected chi connectivity index (χ3v) is 1.46. The van der Waals surface area contributed by atoms with Crippen LogP contribution in [0.15, 0.2) is 18.2 Å². The number of hydrogen-bond acceptors (Lipinski definition) is 2. The Kier molecular flexibility index (Phi) is 4.76. The number of benzene rings is 1. The van der Waals surface area contributed by atoms with Crippen LogP contribution >= 0.6 is 0 Å². The molecule has 1 rings (SSSR count). The van der Waals surface area contributed by atoms with Crippen LogP contribution in [0, 0.1) is 5.82 Å². The van der Waals surface area contributed by atoms with Gasteiger partial charge in [-0.15, -0.1) is 0 Å².